The summed E-state index contributed by atoms with van der Waals surface area (Å²) in [4.78, 5) is 14.0. The zero-order valence-electron chi connectivity index (χ0n) is 10.8. The quantitative estimate of drug-likeness (QED) is 0.734. The fourth-order valence-electron chi connectivity index (χ4n) is 2.32. The average Bonchev–Trinajstić information content (AvgIpc) is 2.37. The molecule has 1 aromatic carbocycles. The van der Waals surface area contributed by atoms with Gasteiger partial charge < -0.3 is 4.90 Å². The van der Waals surface area contributed by atoms with Gasteiger partial charge in [0.05, 0.1) is 0 Å². The molecule has 0 bridgehead atoms. The highest BCUT2D eigenvalue weighted by Crippen LogP contribution is 2.25. The van der Waals surface area contributed by atoms with Gasteiger partial charge in [0.25, 0.3) is 0 Å². The largest absolute Gasteiger partial charge is 0.332 e. The topological polar surface area (TPSA) is 20.3 Å². The number of amides is 1. The summed E-state index contributed by atoms with van der Waals surface area (Å²) in [6.45, 7) is 4.25. The maximum absolute atomic E-state index is 13.6. The summed E-state index contributed by atoms with van der Waals surface area (Å²) in [5, 5.41) is 0. The second kappa shape index (κ2) is 5.34. The van der Waals surface area contributed by atoms with E-state index in [0.717, 1.165) is 18.4 Å². The fraction of sp³-hybridized carbons (Fsp3) is 0.400. The monoisotopic (exact) mass is 247 g/mol. The third-order valence-corrected chi connectivity index (χ3v) is 3.55. The van der Waals surface area contributed by atoms with Crippen LogP contribution in [0.2, 0.25) is 0 Å². The summed E-state index contributed by atoms with van der Waals surface area (Å²) in [7, 11) is 0. The minimum Gasteiger partial charge on any atom is -0.332 e. The van der Waals surface area contributed by atoms with Gasteiger partial charge >= 0.3 is 0 Å². The molecule has 0 spiro atoms. The lowest BCUT2D eigenvalue weighted by Crippen LogP contribution is -2.42. The summed E-state index contributed by atoms with van der Waals surface area (Å²) in [6, 6.07) is 6.80. The van der Waals surface area contributed by atoms with Crippen molar-refractivity contribution in [2.75, 3.05) is 0 Å². The average molecular weight is 247 g/mol. The zero-order chi connectivity index (χ0) is 13.1. The van der Waals surface area contributed by atoms with Gasteiger partial charge in [-0.25, -0.2) is 4.39 Å². The highest BCUT2D eigenvalue weighted by Gasteiger charge is 2.28. The first-order valence-electron chi connectivity index (χ1n) is 6.33. The Labute approximate surface area is 107 Å². The molecule has 2 nitrogen and oxygen atoms in total. The third kappa shape index (κ3) is 2.45. The van der Waals surface area contributed by atoms with Crippen LogP contribution in [-0.2, 0) is 11.3 Å². The molecular weight excluding hydrogens is 229 g/mol. The molecule has 18 heavy (non-hydrogen) atoms. The molecule has 3 heteroatoms. The summed E-state index contributed by atoms with van der Waals surface area (Å²) >= 11 is 0. The third-order valence-electron chi connectivity index (χ3n) is 3.55. The number of nitrogens with zero attached hydrogens (tertiary/aromatic N) is 1. The van der Waals surface area contributed by atoms with E-state index in [1.165, 1.54) is 6.07 Å². The number of halogens is 1. The number of hydrogen-bond donors (Lipinski definition) is 0. The van der Waals surface area contributed by atoms with Gasteiger partial charge in [-0.3, -0.25) is 4.79 Å². The molecule has 96 valence electrons. The smallest absolute Gasteiger partial charge is 0.249 e. The molecule has 1 saturated heterocycles. The number of carbonyl (C=O) groups excluding carboxylic acids is 1. The summed E-state index contributed by atoms with van der Waals surface area (Å²) in [5.41, 5.74) is 1.42. The second-order valence-electron chi connectivity index (χ2n) is 4.73. The molecule has 1 heterocycles. The van der Waals surface area contributed by atoms with Crippen LogP contribution >= 0.6 is 0 Å². The van der Waals surface area contributed by atoms with Crippen molar-refractivity contribution in [3.8, 4) is 0 Å². The maximum atomic E-state index is 13.6. The van der Waals surface area contributed by atoms with Gasteiger partial charge in [0, 0.05) is 23.7 Å². The van der Waals surface area contributed by atoms with Crippen LogP contribution in [0.1, 0.15) is 32.3 Å². The van der Waals surface area contributed by atoms with Crippen molar-refractivity contribution >= 4 is 5.91 Å². The van der Waals surface area contributed by atoms with E-state index in [1.54, 1.807) is 23.1 Å². The Morgan fingerprint density at radius 2 is 2.17 bits per heavy atom. The predicted molar refractivity (Wildman–Crippen MR) is 69.4 cm³/mol. The first-order chi connectivity index (χ1) is 8.63. The Hall–Kier alpha value is -1.64. The first-order valence-corrected chi connectivity index (χ1v) is 6.33. The molecule has 1 aromatic rings. The Morgan fingerprint density at radius 3 is 2.83 bits per heavy atom. The molecule has 1 amide bonds. The number of piperidine rings is 1. The molecule has 1 atom stereocenters. The SMILES string of the molecule is C/C=C1\CCC(C)N(Cc2ccccc2F)C1=O. The number of hydrogen-bond acceptors (Lipinski definition) is 1. The molecule has 0 aliphatic carbocycles. The molecule has 1 aliphatic rings. The van der Waals surface area contributed by atoms with E-state index >= 15 is 0 Å². The van der Waals surface area contributed by atoms with Gasteiger partial charge in [0.2, 0.25) is 5.91 Å². The second-order valence-corrected chi connectivity index (χ2v) is 4.73. The number of allylic oxidation sites excluding steroid dienone is 1. The zero-order valence-corrected chi connectivity index (χ0v) is 10.8. The van der Waals surface area contributed by atoms with Crippen molar-refractivity contribution < 1.29 is 9.18 Å². The van der Waals surface area contributed by atoms with Gasteiger partial charge in [-0.05, 0) is 32.8 Å². The van der Waals surface area contributed by atoms with E-state index in [4.69, 9.17) is 0 Å². The molecular formula is C15H18FNO. The number of benzene rings is 1. The van der Waals surface area contributed by atoms with E-state index in [9.17, 15) is 9.18 Å². The Balaban J connectivity index is 2.21. The summed E-state index contributed by atoms with van der Waals surface area (Å²) in [5.74, 6) is -0.204. The van der Waals surface area contributed by atoms with Crippen LogP contribution < -0.4 is 0 Å². The van der Waals surface area contributed by atoms with E-state index in [0.29, 0.717) is 12.1 Å². The lowest BCUT2D eigenvalue weighted by Gasteiger charge is -2.34. The van der Waals surface area contributed by atoms with E-state index in [1.807, 2.05) is 19.9 Å². The predicted octanol–water partition coefficient (Wildman–Crippen LogP) is 3.28. The van der Waals surface area contributed by atoms with Crippen LogP contribution in [0.4, 0.5) is 4.39 Å². The van der Waals surface area contributed by atoms with Crippen molar-refractivity contribution in [3.05, 3.63) is 47.3 Å². The Bertz CT molecular complexity index is 481. The number of rotatable bonds is 2. The van der Waals surface area contributed by atoms with E-state index < -0.39 is 0 Å². The summed E-state index contributed by atoms with van der Waals surface area (Å²) in [6.07, 6.45) is 3.63. The normalized spacial score (nSPS) is 22.6. The van der Waals surface area contributed by atoms with Crippen molar-refractivity contribution in [1.29, 1.82) is 0 Å². The van der Waals surface area contributed by atoms with Crippen LogP contribution in [0.3, 0.4) is 0 Å². The van der Waals surface area contributed by atoms with E-state index in [2.05, 4.69) is 0 Å². The van der Waals surface area contributed by atoms with Crippen LogP contribution in [0.5, 0.6) is 0 Å². The van der Waals surface area contributed by atoms with Crippen LogP contribution in [-0.4, -0.2) is 16.8 Å². The molecule has 1 fully saturated rings. The van der Waals surface area contributed by atoms with Crippen molar-refractivity contribution in [2.24, 2.45) is 0 Å². The number of likely N-dealkylation sites (tertiary alicyclic amines) is 1. The lowest BCUT2D eigenvalue weighted by molar-refractivity contribution is -0.131. The van der Waals surface area contributed by atoms with E-state index in [-0.39, 0.29) is 17.8 Å². The molecule has 1 aliphatic heterocycles. The minimum atomic E-state index is -0.245. The van der Waals surface area contributed by atoms with Gasteiger partial charge in [-0.2, -0.15) is 0 Å². The maximum Gasteiger partial charge on any atom is 0.249 e. The van der Waals surface area contributed by atoms with Crippen LogP contribution in [0.15, 0.2) is 35.9 Å². The molecule has 1 unspecified atom stereocenters. The Morgan fingerprint density at radius 1 is 1.44 bits per heavy atom. The first kappa shape index (κ1) is 12.8. The highest BCUT2D eigenvalue weighted by atomic mass is 19.1. The van der Waals surface area contributed by atoms with Gasteiger partial charge in [-0.15, -0.1) is 0 Å². The van der Waals surface area contributed by atoms with Gasteiger partial charge in [-0.1, -0.05) is 24.3 Å². The lowest BCUT2D eigenvalue weighted by atomic mass is 9.97. The van der Waals surface area contributed by atoms with Crippen LogP contribution in [0, 0.1) is 5.82 Å². The van der Waals surface area contributed by atoms with Crippen LogP contribution in [0.25, 0.3) is 0 Å². The Kier molecular flexibility index (Phi) is 3.80. The van der Waals surface area contributed by atoms with Crippen molar-refractivity contribution in [3.63, 3.8) is 0 Å². The molecule has 0 saturated carbocycles. The molecule has 0 N–H and O–H groups in total. The molecule has 0 aromatic heterocycles. The summed E-state index contributed by atoms with van der Waals surface area (Å²) < 4.78 is 13.6. The minimum absolute atomic E-state index is 0.0412. The molecule has 2 rings (SSSR count). The van der Waals surface area contributed by atoms with Gasteiger partial charge in [0.1, 0.15) is 5.82 Å². The highest BCUT2D eigenvalue weighted by molar-refractivity contribution is 5.94. The fourth-order valence-corrected chi connectivity index (χ4v) is 2.32. The molecule has 0 radical (unpaired) electrons. The van der Waals surface area contributed by atoms with Crippen molar-refractivity contribution in [2.45, 2.75) is 39.3 Å². The van der Waals surface area contributed by atoms with Crippen molar-refractivity contribution in [1.82, 2.24) is 4.90 Å². The standard InChI is InChI=1S/C15H18FNO/c1-3-12-9-8-11(2)17(15(12)18)10-13-6-4-5-7-14(13)16/h3-7,11H,8-10H2,1-2H3/b12-3+. The van der Waals surface area contributed by atoms with Gasteiger partial charge in [0.15, 0.2) is 0 Å². The number of carbonyl (C=O) groups is 1.